The first-order valence-electron chi connectivity index (χ1n) is 9.33. The van der Waals surface area contributed by atoms with Crippen molar-refractivity contribution in [2.24, 2.45) is 5.41 Å². The van der Waals surface area contributed by atoms with Crippen LogP contribution >= 0.6 is 0 Å². The largest absolute Gasteiger partial charge is 0.481 e. The Morgan fingerprint density at radius 2 is 1.52 bits per heavy atom. The summed E-state index contributed by atoms with van der Waals surface area (Å²) in [5.74, 6) is 2.58. The van der Waals surface area contributed by atoms with Gasteiger partial charge in [-0.25, -0.2) is 0 Å². The van der Waals surface area contributed by atoms with Gasteiger partial charge in [0.05, 0.1) is 5.41 Å². The van der Waals surface area contributed by atoms with Gasteiger partial charge in [0.25, 0.3) is 0 Å². The van der Waals surface area contributed by atoms with Crippen LogP contribution in [0.3, 0.4) is 0 Å². The van der Waals surface area contributed by atoms with Gasteiger partial charge in [0, 0.05) is 6.42 Å². The average molecular weight is 359 g/mol. The minimum absolute atomic E-state index is 0.401. The molecule has 1 N–H and O–H groups in total. The molecule has 1 aromatic carbocycles. The smallest absolute Gasteiger partial charge is 0.310 e. The summed E-state index contributed by atoms with van der Waals surface area (Å²) in [5.41, 5.74) is 5.54. The van der Waals surface area contributed by atoms with Crippen LogP contribution < -0.4 is 0 Å². The predicted octanol–water partition coefficient (Wildman–Crippen LogP) is 5.93. The molecule has 0 heterocycles. The molecule has 1 aromatic rings. The highest BCUT2D eigenvalue weighted by Gasteiger charge is 2.42. The molecule has 0 aliphatic rings. The molecule has 0 aliphatic heterocycles. The van der Waals surface area contributed by atoms with Gasteiger partial charge in [-0.1, -0.05) is 71.9 Å². The first kappa shape index (κ1) is 21.5. The lowest BCUT2D eigenvalue weighted by atomic mass is 9.81. The van der Waals surface area contributed by atoms with Gasteiger partial charge in [0.15, 0.2) is 0 Å². The summed E-state index contributed by atoms with van der Waals surface area (Å²) in [6.07, 6.45) is 0.912. The van der Waals surface area contributed by atoms with Crippen molar-refractivity contribution in [1.82, 2.24) is 0 Å². The Labute approximate surface area is 155 Å². The van der Waals surface area contributed by atoms with Crippen LogP contribution in [0.1, 0.15) is 60.5 Å². The molecule has 0 saturated heterocycles. The van der Waals surface area contributed by atoms with Crippen LogP contribution in [0.25, 0.3) is 0 Å². The van der Waals surface area contributed by atoms with Gasteiger partial charge in [-0.2, -0.15) is 0 Å². The molecule has 0 fully saturated rings. The molecule has 0 saturated carbocycles. The lowest BCUT2D eigenvalue weighted by Gasteiger charge is -2.38. The molecule has 0 spiro atoms. The molecular formula is C22H34O2Si. The number of hydrogen-bond donors (Lipinski definition) is 1. The van der Waals surface area contributed by atoms with E-state index in [1.54, 1.807) is 0 Å². The number of carboxylic acids is 1. The van der Waals surface area contributed by atoms with Crippen LogP contribution in [0.15, 0.2) is 30.3 Å². The van der Waals surface area contributed by atoms with Crippen molar-refractivity contribution in [2.75, 3.05) is 0 Å². The lowest BCUT2D eigenvalue weighted by Crippen LogP contribution is -2.43. The fraction of sp³-hybridized carbons (Fsp3) is 0.591. The van der Waals surface area contributed by atoms with Crippen molar-refractivity contribution in [3.63, 3.8) is 0 Å². The highest BCUT2D eigenvalue weighted by molar-refractivity contribution is 6.90. The molecule has 25 heavy (non-hydrogen) atoms. The minimum Gasteiger partial charge on any atom is -0.481 e. The fourth-order valence-electron chi connectivity index (χ4n) is 4.09. The average Bonchev–Trinajstić information content (AvgIpc) is 2.51. The zero-order valence-electron chi connectivity index (χ0n) is 16.9. The van der Waals surface area contributed by atoms with E-state index in [0.29, 0.717) is 29.5 Å². The second kappa shape index (κ2) is 8.72. The van der Waals surface area contributed by atoms with Crippen molar-refractivity contribution in [3.8, 4) is 11.5 Å². The molecule has 1 rings (SSSR count). The first-order valence-corrected chi connectivity index (χ1v) is 11.6. The van der Waals surface area contributed by atoms with Crippen molar-refractivity contribution >= 4 is 14.0 Å². The fourth-order valence-corrected chi connectivity index (χ4v) is 9.35. The quantitative estimate of drug-likeness (QED) is 0.484. The highest BCUT2D eigenvalue weighted by atomic mass is 28.3. The van der Waals surface area contributed by atoms with Gasteiger partial charge in [0.1, 0.15) is 8.07 Å². The van der Waals surface area contributed by atoms with E-state index in [1.165, 1.54) is 0 Å². The minimum atomic E-state index is -1.81. The zero-order chi connectivity index (χ0) is 19.3. The monoisotopic (exact) mass is 358 g/mol. The van der Waals surface area contributed by atoms with Gasteiger partial charge in [-0.15, -0.1) is 11.5 Å². The Morgan fingerprint density at radius 1 is 1.04 bits per heavy atom. The molecule has 0 amide bonds. The third-order valence-electron chi connectivity index (χ3n) is 5.60. The third-order valence-corrected chi connectivity index (χ3v) is 11.9. The number of carboxylic acid groups (broad SMARTS) is 1. The maximum Gasteiger partial charge on any atom is 0.310 e. The number of rotatable bonds is 7. The van der Waals surface area contributed by atoms with Crippen LogP contribution in [0.4, 0.5) is 0 Å². The summed E-state index contributed by atoms with van der Waals surface area (Å²) in [5, 5.41) is 9.79. The maximum absolute atomic E-state index is 11.9. The highest BCUT2D eigenvalue weighted by Crippen LogP contribution is 2.41. The van der Waals surface area contributed by atoms with E-state index in [-0.39, 0.29) is 0 Å². The van der Waals surface area contributed by atoms with Crippen LogP contribution in [0, 0.1) is 16.9 Å². The molecular weight excluding hydrogens is 324 g/mol. The molecule has 0 radical (unpaired) electrons. The summed E-state index contributed by atoms with van der Waals surface area (Å²) >= 11 is 0. The lowest BCUT2D eigenvalue weighted by molar-refractivity contribution is -0.147. The number of hydrogen-bond acceptors (Lipinski definition) is 1. The van der Waals surface area contributed by atoms with Crippen molar-refractivity contribution in [2.45, 2.75) is 77.9 Å². The van der Waals surface area contributed by atoms with Crippen LogP contribution in [-0.2, 0) is 11.2 Å². The Kier molecular flexibility index (Phi) is 7.50. The van der Waals surface area contributed by atoms with Gasteiger partial charge in [-0.05, 0) is 35.5 Å². The Balaban J connectivity index is 3.12. The molecule has 3 heteroatoms. The summed E-state index contributed by atoms with van der Waals surface area (Å²) < 4.78 is 0. The zero-order valence-corrected chi connectivity index (χ0v) is 17.9. The molecule has 1 atom stereocenters. The van der Waals surface area contributed by atoms with Gasteiger partial charge >= 0.3 is 5.97 Å². The molecule has 1 unspecified atom stereocenters. The Hall–Kier alpha value is -1.53. The molecule has 2 nitrogen and oxygen atoms in total. The summed E-state index contributed by atoms with van der Waals surface area (Å²) in [6.45, 7) is 15.5. The normalized spacial score (nSPS) is 14.3. The summed E-state index contributed by atoms with van der Waals surface area (Å²) in [4.78, 5) is 11.9. The van der Waals surface area contributed by atoms with E-state index in [4.69, 9.17) is 0 Å². The van der Waals surface area contributed by atoms with E-state index in [2.05, 4.69) is 53.0 Å². The van der Waals surface area contributed by atoms with Gasteiger partial charge in [0.2, 0.25) is 0 Å². The van der Waals surface area contributed by atoms with E-state index in [1.807, 2.05) is 37.3 Å². The number of aliphatic carboxylic acids is 1. The molecule has 0 aromatic heterocycles. The van der Waals surface area contributed by atoms with Crippen molar-refractivity contribution in [1.29, 1.82) is 0 Å². The van der Waals surface area contributed by atoms with E-state index in [9.17, 15) is 9.90 Å². The SMILES string of the molecule is CC(C)[Si](C#CCC(C)(Cc1ccccc1)C(=O)O)(C(C)C)C(C)C. The molecule has 138 valence electrons. The first-order chi connectivity index (χ1) is 11.6. The predicted molar refractivity (Wildman–Crippen MR) is 109 cm³/mol. The van der Waals surface area contributed by atoms with E-state index in [0.717, 1.165) is 5.56 Å². The van der Waals surface area contributed by atoms with Crippen molar-refractivity contribution in [3.05, 3.63) is 35.9 Å². The molecule has 0 bridgehead atoms. The number of benzene rings is 1. The standard InChI is InChI=1S/C22H34O2Si/c1-17(2)25(18(3)4,19(5)6)15-11-14-22(7,21(23)24)16-20-12-9-8-10-13-20/h8-10,12-13,17-19H,14,16H2,1-7H3,(H,23,24). The second-order valence-electron chi connectivity index (χ2n) is 8.40. The topological polar surface area (TPSA) is 37.3 Å². The van der Waals surface area contributed by atoms with Crippen molar-refractivity contribution < 1.29 is 9.90 Å². The Bertz CT molecular complexity index is 601. The molecule has 0 aliphatic carbocycles. The van der Waals surface area contributed by atoms with Crippen LogP contribution in [-0.4, -0.2) is 19.1 Å². The van der Waals surface area contributed by atoms with E-state index < -0.39 is 19.5 Å². The van der Waals surface area contributed by atoms with Crippen LogP contribution in [0.5, 0.6) is 0 Å². The summed E-state index contributed by atoms with van der Waals surface area (Å²) in [7, 11) is -1.81. The third kappa shape index (κ3) is 4.98. The number of carbonyl (C=O) groups is 1. The van der Waals surface area contributed by atoms with Crippen LogP contribution in [0.2, 0.25) is 16.6 Å². The maximum atomic E-state index is 11.9. The Morgan fingerprint density at radius 3 is 1.92 bits per heavy atom. The van der Waals surface area contributed by atoms with E-state index >= 15 is 0 Å². The van der Waals surface area contributed by atoms with Gasteiger partial charge in [-0.3, -0.25) is 4.79 Å². The summed E-state index contributed by atoms with van der Waals surface area (Å²) in [6, 6.07) is 9.85. The second-order valence-corrected chi connectivity index (χ2v) is 14.0. The van der Waals surface area contributed by atoms with Gasteiger partial charge < -0.3 is 5.11 Å².